The van der Waals surface area contributed by atoms with Gasteiger partial charge in [0.05, 0.1) is 11.4 Å². The van der Waals surface area contributed by atoms with E-state index in [0.717, 1.165) is 11.1 Å². The number of nitrogens with one attached hydrogen (secondary N) is 2. The summed E-state index contributed by atoms with van der Waals surface area (Å²) in [7, 11) is -3.89. The third kappa shape index (κ3) is 6.18. The maximum absolute atomic E-state index is 13.6. The van der Waals surface area contributed by atoms with Gasteiger partial charge in [-0.15, -0.1) is 0 Å². The molecule has 0 saturated carbocycles. The fraction of sp³-hybridized carbons (Fsp3) is 0.318. The topological polar surface area (TPSA) is 108 Å². The Balaban J connectivity index is 1.76. The van der Waals surface area contributed by atoms with Crippen LogP contribution < -0.4 is 5.32 Å². The minimum Gasteiger partial charge on any atom is -0.354 e. The van der Waals surface area contributed by atoms with Gasteiger partial charge in [-0.25, -0.2) is 13.4 Å². The van der Waals surface area contributed by atoms with Gasteiger partial charge < -0.3 is 5.32 Å². The molecule has 2 aromatic carbocycles. The van der Waals surface area contributed by atoms with E-state index >= 15 is 0 Å². The molecule has 1 heterocycles. The van der Waals surface area contributed by atoms with E-state index in [2.05, 4.69) is 20.5 Å². The van der Waals surface area contributed by atoms with Gasteiger partial charge in [-0.05, 0) is 37.5 Å². The Kier molecular flexibility index (Phi) is 8.05. The molecule has 3 rings (SSSR count). The van der Waals surface area contributed by atoms with Crippen LogP contribution in [0.25, 0.3) is 0 Å². The molecule has 0 saturated heterocycles. The van der Waals surface area contributed by atoms with Gasteiger partial charge in [-0.2, -0.15) is 9.40 Å². The molecule has 0 aliphatic rings. The van der Waals surface area contributed by atoms with E-state index in [4.69, 9.17) is 0 Å². The largest absolute Gasteiger partial charge is 0.354 e. The average Bonchev–Trinajstić information content (AvgIpc) is 3.24. The average molecular weight is 474 g/mol. The number of thioether (sulfide) groups is 1. The zero-order valence-electron chi connectivity index (χ0n) is 18.3. The molecule has 0 unspecified atom stereocenters. The maximum atomic E-state index is 13.6. The molecule has 10 heteroatoms. The first-order valence-electron chi connectivity index (χ1n) is 10.1. The number of H-pyrrole nitrogens is 1. The first-order valence-corrected chi connectivity index (χ1v) is 12.6. The van der Waals surface area contributed by atoms with Crippen LogP contribution in [0, 0.1) is 20.8 Å². The molecule has 32 heavy (non-hydrogen) atoms. The number of aryl methyl sites for hydroxylation is 3. The van der Waals surface area contributed by atoms with Crippen molar-refractivity contribution in [1.82, 2.24) is 24.8 Å². The minimum atomic E-state index is -3.89. The predicted octanol–water partition coefficient (Wildman–Crippen LogP) is 2.83. The van der Waals surface area contributed by atoms with Crippen LogP contribution >= 0.6 is 11.8 Å². The van der Waals surface area contributed by atoms with Crippen molar-refractivity contribution in [2.24, 2.45) is 0 Å². The van der Waals surface area contributed by atoms with Crippen LogP contribution in [0.5, 0.6) is 0 Å². The maximum Gasteiger partial charge on any atom is 0.244 e. The quantitative estimate of drug-likeness (QED) is 0.346. The van der Waals surface area contributed by atoms with E-state index in [-0.39, 0.29) is 23.9 Å². The van der Waals surface area contributed by atoms with Crippen LogP contribution in [0.4, 0.5) is 0 Å². The lowest BCUT2D eigenvalue weighted by molar-refractivity contribution is -0.121. The molecule has 0 bridgehead atoms. The lowest BCUT2D eigenvalue weighted by Crippen LogP contribution is -2.41. The summed E-state index contributed by atoms with van der Waals surface area (Å²) in [6.07, 6.45) is 1.42. The molecule has 0 fully saturated rings. The van der Waals surface area contributed by atoms with E-state index in [1.165, 1.54) is 22.4 Å². The van der Waals surface area contributed by atoms with Gasteiger partial charge in [0.2, 0.25) is 15.9 Å². The van der Waals surface area contributed by atoms with Crippen LogP contribution in [0.15, 0.2) is 58.8 Å². The van der Waals surface area contributed by atoms with E-state index in [0.29, 0.717) is 28.6 Å². The number of aromatic amines is 1. The first-order chi connectivity index (χ1) is 15.3. The Labute approximate surface area is 192 Å². The molecule has 2 N–H and O–H groups in total. The second-order valence-corrected chi connectivity index (χ2v) is 10.4. The molecule has 0 aliphatic heterocycles. The third-order valence-electron chi connectivity index (χ3n) is 4.78. The number of amides is 1. The predicted molar refractivity (Wildman–Crippen MR) is 125 cm³/mol. The molecule has 0 spiro atoms. The Bertz CT molecular complexity index is 1130. The summed E-state index contributed by atoms with van der Waals surface area (Å²) in [6, 6.07) is 13.0. The number of benzene rings is 2. The Morgan fingerprint density at radius 3 is 2.44 bits per heavy atom. The molecule has 0 atom stereocenters. The van der Waals surface area contributed by atoms with Crippen molar-refractivity contribution >= 4 is 27.7 Å². The highest BCUT2D eigenvalue weighted by atomic mass is 32.2. The number of carbonyl (C=O) groups is 1. The van der Waals surface area contributed by atoms with Gasteiger partial charge in [0, 0.05) is 18.8 Å². The van der Waals surface area contributed by atoms with Crippen LogP contribution in [0.2, 0.25) is 0 Å². The second-order valence-electron chi connectivity index (χ2n) is 7.48. The van der Waals surface area contributed by atoms with Crippen molar-refractivity contribution in [2.45, 2.75) is 37.4 Å². The van der Waals surface area contributed by atoms with E-state index in [9.17, 15) is 13.2 Å². The lowest BCUT2D eigenvalue weighted by Gasteiger charge is -2.24. The second kappa shape index (κ2) is 10.8. The van der Waals surface area contributed by atoms with E-state index < -0.39 is 10.0 Å². The molecule has 0 radical (unpaired) electrons. The molecular weight excluding hydrogens is 446 g/mol. The zero-order chi connectivity index (χ0) is 23.1. The van der Waals surface area contributed by atoms with Gasteiger partial charge >= 0.3 is 0 Å². The summed E-state index contributed by atoms with van der Waals surface area (Å²) in [5.41, 5.74) is 3.15. The van der Waals surface area contributed by atoms with Crippen LogP contribution in [-0.2, 0) is 21.4 Å². The van der Waals surface area contributed by atoms with Gasteiger partial charge in [0.25, 0.3) is 0 Å². The Morgan fingerprint density at radius 2 is 1.81 bits per heavy atom. The number of rotatable bonds is 10. The smallest absolute Gasteiger partial charge is 0.244 e. The molecule has 3 aromatic rings. The van der Waals surface area contributed by atoms with E-state index in [1.54, 1.807) is 13.8 Å². The summed E-state index contributed by atoms with van der Waals surface area (Å²) >= 11 is 1.42. The molecule has 8 nitrogen and oxygen atoms in total. The SMILES string of the molecule is Cc1cc(C)c(S(=O)(=O)N(CC(=O)NCCSc2ncn[nH]2)Cc2ccccc2)c(C)c1. The van der Waals surface area contributed by atoms with Crippen LogP contribution in [0.3, 0.4) is 0 Å². The zero-order valence-corrected chi connectivity index (χ0v) is 20.0. The van der Waals surface area contributed by atoms with Gasteiger partial charge in [-0.1, -0.05) is 59.8 Å². The van der Waals surface area contributed by atoms with Gasteiger partial charge in [0.15, 0.2) is 5.16 Å². The fourth-order valence-electron chi connectivity index (χ4n) is 3.53. The van der Waals surface area contributed by atoms with Gasteiger partial charge in [0.1, 0.15) is 6.33 Å². The Morgan fingerprint density at radius 1 is 1.12 bits per heavy atom. The van der Waals surface area contributed by atoms with Crippen molar-refractivity contribution < 1.29 is 13.2 Å². The normalized spacial score (nSPS) is 11.6. The molecule has 170 valence electrons. The standard InChI is InChI=1S/C22H27N5O3S2/c1-16-11-17(2)21(18(3)12-16)32(29,30)27(13-19-7-5-4-6-8-19)14-20(28)23-9-10-31-22-24-15-25-26-22/h4-8,11-12,15H,9-10,13-14H2,1-3H3,(H,23,28)(H,24,25,26). The van der Waals surface area contributed by atoms with Crippen molar-refractivity contribution in [3.63, 3.8) is 0 Å². The monoisotopic (exact) mass is 473 g/mol. The van der Waals surface area contributed by atoms with Crippen molar-refractivity contribution in [3.05, 3.63) is 71.0 Å². The third-order valence-corrected chi connectivity index (χ3v) is 7.76. The molecule has 1 aromatic heterocycles. The minimum absolute atomic E-state index is 0.107. The number of sulfonamides is 1. The fourth-order valence-corrected chi connectivity index (χ4v) is 5.97. The summed E-state index contributed by atoms with van der Waals surface area (Å²) in [6.45, 7) is 5.73. The Hall–Kier alpha value is -2.69. The highest BCUT2D eigenvalue weighted by Crippen LogP contribution is 2.26. The molecule has 1 amide bonds. The summed E-state index contributed by atoms with van der Waals surface area (Å²) in [5.74, 6) is 0.229. The lowest BCUT2D eigenvalue weighted by atomic mass is 10.1. The molecular formula is C22H27N5O3S2. The number of carbonyl (C=O) groups excluding carboxylic acids is 1. The van der Waals surface area contributed by atoms with E-state index in [1.807, 2.05) is 49.4 Å². The molecule has 0 aliphatic carbocycles. The van der Waals surface area contributed by atoms with Gasteiger partial charge in [-0.3, -0.25) is 9.89 Å². The van der Waals surface area contributed by atoms with Crippen LogP contribution in [0.1, 0.15) is 22.3 Å². The summed E-state index contributed by atoms with van der Waals surface area (Å²) < 4.78 is 28.5. The number of hydrogen-bond acceptors (Lipinski definition) is 6. The van der Waals surface area contributed by atoms with Crippen LogP contribution in [-0.4, -0.2) is 52.7 Å². The van der Waals surface area contributed by atoms with Crippen molar-refractivity contribution in [3.8, 4) is 0 Å². The van der Waals surface area contributed by atoms with Crippen molar-refractivity contribution in [2.75, 3.05) is 18.8 Å². The highest BCUT2D eigenvalue weighted by Gasteiger charge is 2.29. The number of hydrogen-bond donors (Lipinski definition) is 2. The summed E-state index contributed by atoms with van der Waals surface area (Å²) in [5, 5.41) is 9.97. The van der Waals surface area contributed by atoms with Crippen molar-refractivity contribution in [1.29, 1.82) is 0 Å². The first kappa shape index (κ1) is 24.0. The number of nitrogens with zero attached hydrogens (tertiary/aromatic N) is 3. The highest BCUT2D eigenvalue weighted by molar-refractivity contribution is 7.99. The number of aromatic nitrogens is 3. The summed E-state index contributed by atoms with van der Waals surface area (Å²) in [4.78, 5) is 16.9.